The van der Waals surface area contributed by atoms with Crippen molar-refractivity contribution in [2.45, 2.75) is 24.7 Å². The van der Waals surface area contributed by atoms with Gasteiger partial charge in [-0.3, -0.25) is 4.79 Å². The Morgan fingerprint density at radius 2 is 2.19 bits per heavy atom. The molecule has 0 radical (unpaired) electrons. The highest BCUT2D eigenvalue weighted by molar-refractivity contribution is 5.98. The Bertz CT molecular complexity index is 558. The number of aliphatic hydroxyl groups is 1. The maximum atomic E-state index is 14.5. The molecule has 0 aromatic heterocycles. The lowest BCUT2D eigenvalue weighted by Gasteiger charge is -2.29. The van der Waals surface area contributed by atoms with Gasteiger partial charge in [-0.2, -0.15) is 0 Å². The minimum Gasteiger partial charge on any atom is -0.446 e. The van der Waals surface area contributed by atoms with Crippen molar-refractivity contribution < 1.29 is 23.8 Å². The Morgan fingerprint density at radius 3 is 2.76 bits per heavy atom. The normalized spacial score (nSPS) is 22.3. The van der Waals surface area contributed by atoms with E-state index in [1.165, 1.54) is 0 Å². The van der Waals surface area contributed by atoms with Gasteiger partial charge >= 0.3 is 6.09 Å². The van der Waals surface area contributed by atoms with Crippen molar-refractivity contribution in [3.05, 3.63) is 48.6 Å². The summed E-state index contributed by atoms with van der Waals surface area (Å²) in [6.07, 6.45) is -1.72. The van der Waals surface area contributed by atoms with E-state index in [2.05, 4.69) is 6.58 Å². The predicted octanol–water partition coefficient (Wildman–Crippen LogP) is 1.98. The molecule has 2 amide bonds. The molecule has 0 aliphatic carbocycles. The molecule has 5 nitrogen and oxygen atoms in total. The van der Waals surface area contributed by atoms with Crippen LogP contribution in [0.4, 0.5) is 9.18 Å². The van der Waals surface area contributed by atoms with Crippen LogP contribution in [-0.4, -0.2) is 40.4 Å². The van der Waals surface area contributed by atoms with Gasteiger partial charge in [-0.25, -0.2) is 14.1 Å². The molecule has 6 heteroatoms. The molecule has 21 heavy (non-hydrogen) atoms. The molecular formula is C15H16FNO4. The molecule has 1 heterocycles. The van der Waals surface area contributed by atoms with Gasteiger partial charge in [0.1, 0.15) is 18.8 Å². The van der Waals surface area contributed by atoms with Gasteiger partial charge in [0, 0.05) is 0 Å². The Kier molecular flexibility index (Phi) is 4.09. The molecule has 112 valence electrons. The quantitative estimate of drug-likeness (QED) is 0.862. The summed E-state index contributed by atoms with van der Waals surface area (Å²) in [6, 6.07) is 7.99. The number of amides is 2. The van der Waals surface area contributed by atoms with Gasteiger partial charge in [-0.1, -0.05) is 36.4 Å². The van der Waals surface area contributed by atoms with Crippen LogP contribution >= 0.6 is 0 Å². The van der Waals surface area contributed by atoms with E-state index in [0.717, 1.165) is 13.0 Å². The minimum absolute atomic E-state index is 0.0468. The molecule has 1 aliphatic rings. The number of nitrogens with zero attached hydrogens (tertiary/aromatic N) is 1. The Labute approximate surface area is 121 Å². The standard InChI is InChI=1S/C15H16FNO4/c1-3-12(18)15(2,16)13(19)17-11(9-21-14(17)20)10-7-5-4-6-8-10/h3-8,11-12,18H,1,9H2,2H3/t11-,12+,15?/m0/s1. The van der Waals surface area contributed by atoms with Crippen LogP contribution < -0.4 is 0 Å². The number of carbonyl (C=O) groups excluding carboxylic acids is 2. The zero-order valence-electron chi connectivity index (χ0n) is 11.5. The fraction of sp³-hybridized carbons (Fsp3) is 0.333. The van der Waals surface area contributed by atoms with Crippen molar-refractivity contribution in [2.75, 3.05) is 6.61 Å². The maximum absolute atomic E-state index is 14.5. The summed E-state index contributed by atoms with van der Waals surface area (Å²) in [5.74, 6) is -1.15. The number of hydrogen-bond acceptors (Lipinski definition) is 4. The van der Waals surface area contributed by atoms with Crippen LogP contribution in [-0.2, 0) is 9.53 Å². The second-order valence-corrected chi connectivity index (χ2v) is 4.93. The van der Waals surface area contributed by atoms with Crippen LogP contribution in [0.3, 0.4) is 0 Å². The van der Waals surface area contributed by atoms with Crippen LogP contribution in [0, 0.1) is 0 Å². The number of ether oxygens (including phenoxy) is 1. The van der Waals surface area contributed by atoms with Gasteiger partial charge in [0.2, 0.25) is 5.67 Å². The molecule has 0 bridgehead atoms. The molecule has 3 atom stereocenters. The van der Waals surface area contributed by atoms with Crippen LogP contribution in [0.2, 0.25) is 0 Å². The molecule has 1 N–H and O–H groups in total. The second kappa shape index (κ2) is 5.65. The first kappa shape index (κ1) is 15.2. The molecule has 0 spiro atoms. The zero-order chi connectivity index (χ0) is 15.6. The second-order valence-electron chi connectivity index (χ2n) is 4.93. The third-order valence-corrected chi connectivity index (χ3v) is 3.47. The van der Waals surface area contributed by atoms with E-state index in [9.17, 15) is 19.1 Å². The molecule has 1 unspecified atom stereocenters. The first-order valence-electron chi connectivity index (χ1n) is 6.44. The number of imide groups is 1. The van der Waals surface area contributed by atoms with E-state index in [1.54, 1.807) is 30.3 Å². The fourth-order valence-corrected chi connectivity index (χ4v) is 2.15. The number of alkyl halides is 1. The maximum Gasteiger partial charge on any atom is 0.417 e. The number of carbonyl (C=O) groups is 2. The highest BCUT2D eigenvalue weighted by Gasteiger charge is 2.50. The largest absolute Gasteiger partial charge is 0.446 e. The van der Waals surface area contributed by atoms with Crippen molar-refractivity contribution in [2.24, 2.45) is 0 Å². The molecule has 1 saturated heterocycles. The molecule has 1 aromatic rings. The number of hydrogen-bond donors (Lipinski definition) is 1. The highest BCUT2D eigenvalue weighted by atomic mass is 19.1. The molecule has 1 aromatic carbocycles. The summed E-state index contributed by atoms with van der Waals surface area (Å²) < 4.78 is 19.3. The van der Waals surface area contributed by atoms with Gasteiger partial charge in [-0.05, 0) is 12.5 Å². The summed E-state index contributed by atoms with van der Waals surface area (Å²) >= 11 is 0. The number of benzene rings is 1. The van der Waals surface area contributed by atoms with Gasteiger partial charge in [-0.15, -0.1) is 6.58 Å². The van der Waals surface area contributed by atoms with Gasteiger partial charge < -0.3 is 9.84 Å². The first-order valence-corrected chi connectivity index (χ1v) is 6.44. The summed E-state index contributed by atoms with van der Waals surface area (Å²) in [5, 5.41) is 9.57. The monoisotopic (exact) mass is 293 g/mol. The number of cyclic esters (lactones) is 1. The minimum atomic E-state index is -2.65. The molecule has 0 saturated carbocycles. The third kappa shape index (κ3) is 2.67. The summed E-state index contributed by atoms with van der Waals surface area (Å²) in [6.45, 7) is 4.12. The van der Waals surface area contributed by atoms with Crippen LogP contribution in [0.15, 0.2) is 43.0 Å². The molecule has 2 rings (SSSR count). The lowest BCUT2D eigenvalue weighted by Crippen LogP contribution is -2.51. The zero-order valence-corrected chi connectivity index (χ0v) is 11.5. The molecule has 1 aliphatic heterocycles. The van der Waals surface area contributed by atoms with Crippen molar-refractivity contribution in [1.29, 1.82) is 0 Å². The van der Waals surface area contributed by atoms with Crippen molar-refractivity contribution in [3.8, 4) is 0 Å². The SMILES string of the molecule is C=C[C@@H](O)C(C)(F)C(=O)N1C(=O)OC[C@H]1c1ccccc1. The van der Waals surface area contributed by atoms with E-state index in [4.69, 9.17) is 4.74 Å². The van der Waals surface area contributed by atoms with E-state index >= 15 is 0 Å². The Morgan fingerprint density at radius 1 is 1.57 bits per heavy atom. The third-order valence-electron chi connectivity index (χ3n) is 3.47. The van der Waals surface area contributed by atoms with Gasteiger partial charge in [0.25, 0.3) is 5.91 Å². The Balaban J connectivity index is 2.33. The van der Waals surface area contributed by atoms with Gasteiger partial charge in [0.15, 0.2) is 0 Å². The van der Waals surface area contributed by atoms with Crippen LogP contribution in [0.1, 0.15) is 18.5 Å². The lowest BCUT2D eigenvalue weighted by molar-refractivity contribution is -0.146. The number of aliphatic hydroxyl groups excluding tert-OH is 1. The fourth-order valence-electron chi connectivity index (χ4n) is 2.15. The Hall–Kier alpha value is -2.21. The average Bonchev–Trinajstić information content (AvgIpc) is 2.87. The van der Waals surface area contributed by atoms with Crippen molar-refractivity contribution in [3.63, 3.8) is 0 Å². The summed E-state index contributed by atoms with van der Waals surface area (Å²) in [7, 11) is 0. The number of rotatable bonds is 4. The predicted molar refractivity (Wildman–Crippen MR) is 73.1 cm³/mol. The summed E-state index contributed by atoms with van der Waals surface area (Å²) in [5.41, 5.74) is -2.00. The van der Waals surface area contributed by atoms with Crippen LogP contribution in [0.25, 0.3) is 0 Å². The molecule has 1 fully saturated rings. The van der Waals surface area contributed by atoms with Crippen molar-refractivity contribution >= 4 is 12.0 Å². The average molecular weight is 293 g/mol. The van der Waals surface area contributed by atoms with Crippen LogP contribution in [0.5, 0.6) is 0 Å². The topological polar surface area (TPSA) is 66.8 Å². The summed E-state index contributed by atoms with van der Waals surface area (Å²) in [4.78, 5) is 24.8. The number of halogens is 1. The van der Waals surface area contributed by atoms with E-state index in [0.29, 0.717) is 10.5 Å². The first-order chi connectivity index (χ1) is 9.89. The highest BCUT2D eigenvalue weighted by Crippen LogP contribution is 2.32. The van der Waals surface area contributed by atoms with Crippen molar-refractivity contribution in [1.82, 2.24) is 4.90 Å². The molecular weight excluding hydrogens is 277 g/mol. The van der Waals surface area contributed by atoms with Gasteiger partial charge in [0.05, 0.1) is 0 Å². The smallest absolute Gasteiger partial charge is 0.417 e. The van der Waals surface area contributed by atoms with E-state index < -0.39 is 29.8 Å². The lowest BCUT2D eigenvalue weighted by atomic mass is 9.97. The van der Waals surface area contributed by atoms with E-state index in [-0.39, 0.29) is 6.61 Å². The van der Waals surface area contributed by atoms with E-state index in [1.807, 2.05) is 0 Å².